The molecule has 28 heavy (non-hydrogen) atoms. The minimum Gasteiger partial charge on any atom is -1.00 e. The van der Waals surface area contributed by atoms with Crippen LogP contribution in [0.25, 0.3) is 0 Å². The van der Waals surface area contributed by atoms with Crippen molar-refractivity contribution in [3.63, 3.8) is 0 Å². The molecule has 0 amide bonds. The van der Waals surface area contributed by atoms with E-state index in [1.807, 2.05) is 37.3 Å². The van der Waals surface area contributed by atoms with Gasteiger partial charge in [-0.1, -0.05) is 67.3 Å². The molecule has 2 aromatic rings. The Morgan fingerprint density at radius 2 is 1.64 bits per heavy atom. The van der Waals surface area contributed by atoms with Gasteiger partial charge in [-0.2, -0.15) is 0 Å². The molecular weight excluding hydrogens is 367 g/mol. The van der Waals surface area contributed by atoms with Gasteiger partial charge in [-0.25, -0.2) is 8.42 Å². The fourth-order valence-corrected chi connectivity index (χ4v) is 5.65. The van der Waals surface area contributed by atoms with Gasteiger partial charge in [0.15, 0.2) is 15.6 Å². The van der Waals surface area contributed by atoms with Gasteiger partial charge >= 0.3 is 10.1 Å². The Bertz CT molecular complexity index is 871. The Kier molecular flexibility index (Phi) is 8.11. The predicted molar refractivity (Wildman–Crippen MR) is 115 cm³/mol. The van der Waals surface area contributed by atoms with E-state index in [4.69, 9.17) is 0 Å². The van der Waals surface area contributed by atoms with Crippen LogP contribution >= 0.6 is 0 Å². The van der Waals surface area contributed by atoms with Crippen LogP contribution in [0.3, 0.4) is 0 Å². The number of hydrogen-bond donors (Lipinski definition) is 1. The molecule has 1 unspecified atom stereocenters. The van der Waals surface area contributed by atoms with Gasteiger partial charge in [-0.05, 0) is 37.8 Å². The molecule has 1 fully saturated rings. The molecule has 1 aliphatic rings. The topological polar surface area (TPSA) is 63.2 Å². The third-order valence-corrected chi connectivity index (χ3v) is 7.47. The van der Waals surface area contributed by atoms with Crippen LogP contribution in [0.1, 0.15) is 50.9 Å². The van der Waals surface area contributed by atoms with E-state index in [0.717, 1.165) is 37.7 Å². The second-order valence-electron chi connectivity index (χ2n) is 7.35. The smallest absolute Gasteiger partial charge is 1.00 e. The van der Waals surface area contributed by atoms with E-state index in [2.05, 4.69) is 5.32 Å². The van der Waals surface area contributed by atoms with Crippen LogP contribution in [0.15, 0.2) is 59.5 Å². The first-order valence-electron chi connectivity index (χ1n) is 9.60. The zero-order valence-electron chi connectivity index (χ0n) is 18.4. The number of nitrogens with one attached hydrogen (secondary N) is 1. The van der Waals surface area contributed by atoms with Gasteiger partial charge < -0.3 is 2.85 Å². The molecule has 1 atom stereocenters. The Hall–Kier alpha value is -1.81. The number of sulfone groups is 1. The van der Waals surface area contributed by atoms with Crippen molar-refractivity contribution < 1.29 is 16.1 Å². The van der Waals surface area contributed by atoms with E-state index in [0.29, 0.717) is 10.5 Å². The number of benzene rings is 2. The zero-order valence-corrected chi connectivity index (χ0v) is 17.3. The van der Waals surface area contributed by atoms with Crippen molar-refractivity contribution in [2.24, 2.45) is 5.92 Å². The molecule has 0 bridgehead atoms. The third kappa shape index (κ3) is 5.38. The van der Waals surface area contributed by atoms with E-state index in [-0.39, 0.29) is 31.2 Å². The van der Waals surface area contributed by atoms with Gasteiger partial charge in [0, 0.05) is 5.56 Å². The third-order valence-electron chi connectivity index (χ3n) is 5.32. The first-order valence-corrected chi connectivity index (χ1v) is 11.2. The molecule has 0 radical (unpaired) electrons. The average Bonchev–Trinajstić information content (AvgIpc) is 2.69. The number of Topliss-reactive ketones (excluding diaryl/α,β-unsaturated/α-hetero) is 1. The molecule has 0 saturated heterocycles. The van der Waals surface area contributed by atoms with Gasteiger partial charge in [0.25, 0.3) is 0 Å². The van der Waals surface area contributed by atoms with Crippen molar-refractivity contribution >= 4 is 25.7 Å². The summed E-state index contributed by atoms with van der Waals surface area (Å²) in [6.07, 6.45) is 4.99. The summed E-state index contributed by atoms with van der Waals surface area (Å²) in [7, 11) is -3.56. The fraction of sp³-hybridized carbons (Fsp3) is 0.409. The summed E-state index contributed by atoms with van der Waals surface area (Å²) in [5.74, 6) is -0.0517. The predicted octanol–water partition coefficient (Wildman–Crippen LogP) is 3.99. The van der Waals surface area contributed by atoms with Gasteiger partial charge in [0.2, 0.25) is 0 Å². The zero-order chi connectivity index (χ0) is 19.3. The van der Waals surface area contributed by atoms with E-state index in [9.17, 15) is 13.2 Å². The molecule has 3 rings (SSSR count). The number of rotatable bonds is 7. The summed E-state index contributed by atoms with van der Waals surface area (Å²) >= 11 is 0. The largest absolute Gasteiger partial charge is 2.00 e. The van der Waals surface area contributed by atoms with Crippen LogP contribution in [0.5, 0.6) is 0 Å². The van der Waals surface area contributed by atoms with Crippen molar-refractivity contribution in [2.75, 3.05) is 6.54 Å². The van der Waals surface area contributed by atoms with Crippen molar-refractivity contribution in [3.05, 3.63) is 65.7 Å². The van der Waals surface area contributed by atoms with E-state index in [1.54, 1.807) is 24.3 Å². The van der Waals surface area contributed by atoms with Crippen LogP contribution in [0.2, 0.25) is 0 Å². The maximum absolute atomic E-state index is 13.3. The van der Waals surface area contributed by atoms with Crippen molar-refractivity contribution in [3.8, 4) is 0 Å². The van der Waals surface area contributed by atoms with Gasteiger partial charge in [0.1, 0.15) is 5.37 Å². The standard InChI is InChI=1S/C22H27NO3S.Be.2H/c1-17-12-14-20(15-13-17)27(25,26)22(19-10-6-3-7-11-19)23-16-21(24)18-8-4-2-5-9-18;;;/h2,4-5,8-9,12-15,19,22-23H,3,6-7,10-11,16H2,1H3;;;/q;+2;2*-1. The molecule has 0 spiro atoms. The average molecular weight is 397 g/mol. The fourth-order valence-electron chi connectivity index (χ4n) is 3.76. The molecule has 1 N–H and O–H groups in total. The number of ketones is 1. The van der Waals surface area contributed by atoms with Gasteiger partial charge in [-0.15, -0.1) is 0 Å². The molecular formula is C22H29BeNO3S. The first kappa shape index (κ1) is 22.5. The number of carbonyl (C=O) groups is 1. The number of hydrogen-bond acceptors (Lipinski definition) is 4. The summed E-state index contributed by atoms with van der Waals surface area (Å²) in [4.78, 5) is 12.8. The Labute approximate surface area is 174 Å². The quantitative estimate of drug-likeness (QED) is 0.568. The van der Waals surface area contributed by atoms with Crippen LogP contribution in [0.4, 0.5) is 0 Å². The maximum Gasteiger partial charge on any atom is 2.00 e. The molecule has 0 heterocycles. The van der Waals surface area contributed by atoms with E-state index in [1.165, 1.54) is 0 Å². The van der Waals surface area contributed by atoms with Crippen LogP contribution in [-0.2, 0) is 9.84 Å². The molecule has 2 aromatic carbocycles. The van der Waals surface area contributed by atoms with E-state index >= 15 is 0 Å². The molecule has 6 heteroatoms. The minimum absolute atomic E-state index is 0. The Morgan fingerprint density at radius 3 is 2.25 bits per heavy atom. The van der Waals surface area contributed by atoms with Crippen molar-refractivity contribution in [1.82, 2.24) is 5.32 Å². The Balaban J connectivity index is 0.00000280. The van der Waals surface area contributed by atoms with Crippen molar-refractivity contribution in [2.45, 2.75) is 49.3 Å². The Morgan fingerprint density at radius 1 is 1.04 bits per heavy atom. The number of carbonyl (C=O) groups excluding carboxylic acids is 1. The molecule has 4 nitrogen and oxygen atoms in total. The molecule has 0 aliphatic heterocycles. The summed E-state index contributed by atoms with van der Waals surface area (Å²) in [5, 5.41) is 2.38. The molecule has 1 saturated carbocycles. The monoisotopic (exact) mass is 396 g/mol. The normalized spacial score (nSPS) is 16.2. The minimum atomic E-state index is -3.56. The molecule has 148 valence electrons. The summed E-state index contributed by atoms with van der Waals surface area (Å²) in [5.41, 5.74) is 1.62. The van der Waals surface area contributed by atoms with Gasteiger partial charge in [-0.3, -0.25) is 10.1 Å². The summed E-state index contributed by atoms with van der Waals surface area (Å²) < 4.78 is 26.6. The van der Waals surface area contributed by atoms with Crippen molar-refractivity contribution in [1.29, 1.82) is 0 Å². The summed E-state index contributed by atoms with van der Waals surface area (Å²) in [6.45, 7) is 1.96. The first-order chi connectivity index (χ1) is 13.0. The van der Waals surface area contributed by atoms with Crippen LogP contribution in [-0.4, -0.2) is 36.2 Å². The second kappa shape index (κ2) is 10.1. The SMILES string of the molecule is Cc1ccc(S(=O)(=O)C(NCC(=O)c2ccccc2)C2CCCCC2)cc1.[Be+2].[H-].[H-]. The van der Waals surface area contributed by atoms with Crippen LogP contribution < -0.4 is 5.32 Å². The number of aryl methyl sites for hydroxylation is 1. The molecule has 1 aliphatic carbocycles. The second-order valence-corrected chi connectivity index (χ2v) is 9.42. The molecule has 0 aromatic heterocycles. The van der Waals surface area contributed by atoms with Crippen LogP contribution in [0, 0.1) is 12.8 Å². The van der Waals surface area contributed by atoms with E-state index < -0.39 is 15.2 Å². The van der Waals surface area contributed by atoms with Gasteiger partial charge in [0.05, 0.1) is 11.4 Å². The summed E-state index contributed by atoms with van der Waals surface area (Å²) in [6, 6.07) is 16.0. The maximum atomic E-state index is 13.3.